The molecule has 3 unspecified atom stereocenters. The van der Waals surface area contributed by atoms with E-state index in [2.05, 4.69) is 14.9 Å². The molecule has 10 heteroatoms. The number of allylic oxidation sites excluding steroid dienone is 2. The number of benzene rings is 1. The molecule has 0 bridgehead atoms. The predicted octanol–water partition coefficient (Wildman–Crippen LogP) is 2.18. The van der Waals surface area contributed by atoms with Gasteiger partial charge in [0, 0.05) is 56.9 Å². The summed E-state index contributed by atoms with van der Waals surface area (Å²) in [6.07, 6.45) is 14.9. The topological polar surface area (TPSA) is 81.7 Å². The van der Waals surface area contributed by atoms with Crippen molar-refractivity contribution in [3.05, 3.63) is 95.2 Å². The third-order valence-corrected chi connectivity index (χ3v) is 8.83. The second-order valence-electron chi connectivity index (χ2n) is 9.67. The van der Waals surface area contributed by atoms with Gasteiger partial charge in [0.15, 0.2) is 0 Å². The minimum absolute atomic E-state index is 0.0998. The van der Waals surface area contributed by atoms with Crippen molar-refractivity contribution in [2.75, 3.05) is 32.7 Å². The van der Waals surface area contributed by atoms with E-state index in [1.165, 1.54) is 12.1 Å². The number of amides is 1. The third kappa shape index (κ3) is 5.98. The number of nitrogens with one attached hydrogen (secondary N) is 2. The third-order valence-electron chi connectivity index (χ3n) is 7.05. The van der Waals surface area contributed by atoms with Crippen LogP contribution in [0.4, 0.5) is 8.78 Å². The highest BCUT2D eigenvalue weighted by molar-refractivity contribution is 7.90. The number of halogens is 2. The first-order chi connectivity index (χ1) is 17.8. The van der Waals surface area contributed by atoms with Gasteiger partial charge in [-0.2, -0.15) is 0 Å². The second kappa shape index (κ2) is 10.8. The number of carbonyl (C=O) groups is 1. The molecule has 0 saturated carbocycles. The largest absolute Gasteiger partial charge is 0.336 e. The molecule has 1 fully saturated rings. The standard InChI is InChI=1S/C27H30F2N4O3S/c28-22-15-19(16-23(29)17-22)18-32-11-13-33(14-12-32)27(34)21-6-8-24(9-7-21)31-37(35,36)25-5-1-3-20-4-2-10-30-26(20)25/h1-8,15-17,24-26,30-31H,9-14,18H2. The highest BCUT2D eigenvalue weighted by atomic mass is 32.2. The van der Waals surface area contributed by atoms with Crippen LogP contribution in [0.2, 0.25) is 0 Å². The Morgan fingerprint density at radius 2 is 1.81 bits per heavy atom. The number of carbonyl (C=O) groups excluding carboxylic acids is 1. The van der Waals surface area contributed by atoms with Crippen molar-refractivity contribution in [2.45, 2.75) is 30.3 Å². The zero-order valence-electron chi connectivity index (χ0n) is 20.3. The molecule has 196 valence electrons. The van der Waals surface area contributed by atoms with Gasteiger partial charge in [-0.05, 0) is 29.7 Å². The zero-order chi connectivity index (χ0) is 26.0. The van der Waals surface area contributed by atoms with Crippen LogP contribution in [0.15, 0.2) is 78.0 Å². The van der Waals surface area contributed by atoms with Crippen LogP contribution in [0.25, 0.3) is 0 Å². The first-order valence-electron chi connectivity index (χ1n) is 12.4. The number of nitrogens with zero attached hydrogens (tertiary/aromatic N) is 2. The Morgan fingerprint density at radius 1 is 1.05 bits per heavy atom. The lowest BCUT2D eigenvalue weighted by Crippen LogP contribution is -2.52. The second-order valence-corrected chi connectivity index (χ2v) is 11.5. The Labute approximate surface area is 215 Å². The van der Waals surface area contributed by atoms with Gasteiger partial charge in [-0.15, -0.1) is 0 Å². The molecule has 4 aliphatic rings. The molecule has 2 aliphatic carbocycles. The maximum absolute atomic E-state index is 13.5. The number of rotatable bonds is 6. The summed E-state index contributed by atoms with van der Waals surface area (Å²) in [5.41, 5.74) is 2.05. The molecule has 1 saturated heterocycles. The van der Waals surface area contributed by atoms with Crippen LogP contribution in [0.1, 0.15) is 12.0 Å². The van der Waals surface area contributed by atoms with Gasteiger partial charge in [0.25, 0.3) is 5.91 Å². The summed E-state index contributed by atoms with van der Waals surface area (Å²) >= 11 is 0. The Balaban J connectivity index is 1.13. The molecule has 3 atom stereocenters. The van der Waals surface area contributed by atoms with E-state index < -0.39 is 32.9 Å². The fraction of sp³-hybridized carbons (Fsp3) is 0.370. The van der Waals surface area contributed by atoms with E-state index in [9.17, 15) is 22.0 Å². The molecular weight excluding hydrogens is 498 g/mol. The van der Waals surface area contributed by atoms with Crippen molar-refractivity contribution in [2.24, 2.45) is 0 Å². The summed E-state index contributed by atoms with van der Waals surface area (Å²) in [5.74, 6) is -1.29. The van der Waals surface area contributed by atoms with Gasteiger partial charge in [0.05, 0.1) is 6.04 Å². The van der Waals surface area contributed by atoms with Gasteiger partial charge in [0.2, 0.25) is 10.0 Å². The van der Waals surface area contributed by atoms with Crippen LogP contribution in [0.3, 0.4) is 0 Å². The lowest BCUT2D eigenvalue weighted by atomic mass is 9.96. The molecule has 2 N–H and O–H groups in total. The van der Waals surface area contributed by atoms with E-state index >= 15 is 0 Å². The number of hydrogen-bond donors (Lipinski definition) is 2. The molecule has 2 aliphatic heterocycles. The van der Waals surface area contributed by atoms with E-state index in [0.29, 0.717) is 56.8 Å². The Hall–Kier alpha value is -2.92. The molecule has 0 aromatic heterocycles. The van der Waals surface area contributed by atoms with E-state index in [4.69, 9.17) is 0 Å². The number of piperazine rings is 1. The Morgan fingerprint density at radius 3 is 2.51 bits per heavy atom. The van der Waals surface area contributed by atoms with Crippen LogP contribution in [0.5, 0.6) is 0 Å². The first kappa shape index (κ1) is 25.7. The van der Waals surface area contributed by atoms with E-state index in [1.54, 1.807) is 35.3 Å². The molecule has 1 aromatic rings. The molecule has 1 aromatic carbocycles. The van der Waals surface area contributed by atoms with Crippen LogP contribution < -0.4 is 10.0 Å². The lowest BCUT2D eigenvalue weighted by molar-refractivity contribution is -0.128. The van der Waals surface area contributed by atoms with E-state index in [-0.39, 0.29) is 11.9 Å². The van der Waals surface area contributed by atoms with Crippen molar-refractivity contribution < 1.29 is 22.0 Å². The summed E-state index contributed by atoms with van der Waals surface area (Å²) in [7, 11) is -3.65. The molecule has 1 amide bonds. The minimum Gasteiger partial charge on any atom is -0.336 e. The molecule has 2 heterocycles. The zero-order valence-corrected chi connectivity index (χ0v) is 21.1. The van der Waals surface area contributed by atoms with E-state index in [0.717, 1.165) is 11.6 Å². The lowest BCUT2D eigenvalue weighted by Gasteiger charge is -2.35. The Bertz CT molecular complexity index is 1290. The quantitative estimate of drug-likeness (QED) is 0.592. The van der Waals surface area contributed by atoms with Crippen LogP contribution in [-0.4, -0.2) is 74.2 Å². The van der Waals surface area contributed by atoms with Crippen molar-refractivity contribution in [3.8, 4) is 0 Å². The summed E-state index contributed by atoms with van der Waals surface area (Å²) < 4.78 is 56.0. The molecule has 0 radical (unpaired) electrons. The van der Waals surface area contributed by atoms with Gasteiger partial charge in [-0.25, -0.2) is 21.9 Å². The summed E-state index contributed by atoms with van der Waals surface area (Å²) in [4.78, 5) is 16.8. The fourth-order valence-corrected chi connectivity index (χ4v) is 6.82. The van der Waals surface area contributed by atoms with Crippen molar-refractivity contribution in [3.63, 3.8) is 0 Å². The predicted molar refractivity (Wildman–Crippen MR) is 138 cm³/mol. The number of sulfonamides is 1. The molecular formula is C27H30F2N4O3S. The van der Waals surface area contributed by atoms with Gasteiger partial charge in [-0.3, -0.25) is 9.69 Å². The van der Waals surface area contributed by atoms with E-state index in [1.807, 2.05) is 18.2 Å². The first-order valence-corrected chi connectivity index (χ1v) is 14.0. The normalized spacial score (nSPS) is 26.0. The van der Waals surface area contributed by atoms with Crippen molar-refractivity contribution in [1.82, 2.24) is 19.8 Å². The average Bonchev–Trinajstić information content (AvgIpc) is 2.88. The van der Waals surface area contributed by atoms with Crippen LogP contribution in [-0.2, 0) is 21.4 Å². The molecule has 7 nitrogen and oxygen atoms in total. The summed E-state index contributed by atoms with van der Waals surface area (Å²) in [5, 5.41) is 2.54. The maximum atomic E-state index is 13.5. The molecule has 0 spiro atoms. The maximum Gasteiger partial charge on any atom is 0.253 e. The van der Waals surface area contributed by atoms with Gasteiger partial charge in [0.1, 0.15) is 16.9 Å². The van der Waals surface area contributed by atoms with Gasteiger partial charge in [-0.1, -0.05) is 48.6 Å². The number of fused-ring (bicyclic) bond motifs is 1. The smallest absolute Gasteiger partial charge is 0.253 e. The fourth-order valence-electron chi connectivity index (χ4n) is 5.15. The summed E-state index contributed by atoms with van der Waals surface area (Å²) in [6.45, 7) is 3.24. The summed E-state index contributed by atoms with van der Waals surface area (Å²) in [6, 6.07) is 2.79. The highest BCUT2D eigenvalue weighted by Crippen LogP contribution is 2.24. The monoisotopic (exact) mass is 528 g/mol. The molecule has 37 heavy (non-hydrogen) atoms. The SMILES string of the molecule is O=C(C1=CCC(NS(=O)(=O)C2C=CC=C3C=CCNC32)C=C1)N1CCN(Cc2cc(F)cc(F)c2)CC1. The Kier molecular flexibility index (Phi) is 7.52. The average molecular weight is 529 g/mol. The molecule has 5 rings (SSSR count). The van der Waals surface area contributed by atoms with Crippen molar-refractivity contribution >= 4 is 15.9 Å². The number of hydrogen-bond acceptors (Lipinski definition) is 5. The van der Waals surface area contributed by atoms with Crippen molar-refractivity contribution in [1.29, 1.82) is 0 Å². The van der Waals surface area contributed by atoms with Gasteiger partial charge < -0.3 is 10.2 Å². The van der Waals surface area contributed by atoms with Gasteiger partial charge >= 0.3 is 0 Å². The van der Waals surface area contributed by atoms with Crippen LogP contribution in [0, 0.1) is 11.6 Å². The minimum atomic E-state index is -3.65. The van der Waals surface area contributed by atoms with Crippen LogP contribution >= 0.6 is 0 Å². The highest BCUT2D eigenvalue weighted by Gasteiger charge is 2.36.